The molecule has 1 atom stereocenters. The number of benzene rings is 1. The van der Waals surface area contributed by atoms with Gasteiger partial charge in [0.15, 0.2) is 0 Å². The summed E-state index contributed by atoms with van der Waals surface area (Å²) in [5.41, 5.74) is 4.18. The van der Waals surface area contributed by atoms with Crippen molar-refractivity contribution in [3.8, 4) is 0 Å². The fourth-order valence-corrected chi connectivity index (χ4v) is 4.73. The Balaban J connectivity index is 1.68. The summed E-state index contributed by atoms with van der Waals surface area (Å²) in [4.78, 5) is 0. The van der Waals surface area contributed by atoms with Gasteiger partial charge in [0, 0.05) is 12.1 Å². The lowest BCUT2D eigenvalue weighted by Gasteiger charge is -2.27. The van der Waals surface area contributed by atoms with E-state index in [0.717, 1.165) is 25.7 Å². The summed E-state index contributed by atoms with van der Waals surface area (Å²) in [5.74, 6) is 0.691. The molecule has 1 fully saturated rings. The zero-order valence-corrected chi connectivity index (χ0v) is 12.2. The van der Waals surface area contributed by atoms with E-state index in [2.05, 4.69) is 30.4 Å². The third-order valence-electron chi connectivity index (χ3n) is 4.37. The van der Waals surface area contributed by atoms with Crippen LogP contribution in [0.4, 0.5) is 0 Å². The van der Waals surface area contributed by atoms with Crippen molar-refractivity contribution in [2.75, 3.05) is 11.5 Å². The molecule has 1 aliphatic heterocycles. The van der Waals surface area contributed by atoms with Crippen LogP contribution in [0.3, 0.4) is 0 Å². The second kappa shape index (κ2) is 4.91. The van der Waals surface area contributed by atoms with E-state index in [4.69, 9.17) is 0 Å². The maximum atomic E-state index is 11.4. The minimum absolute atomic E-state index is 0.345. The highest BCUT2D eigenvalue weighted by molar-refractivity contribution is 7.91. The Kier molecular flexibility index (Phi) is 3.39. The van der Waals surface area contributed by atoms with Gasteiger partial charge in [-0.15, -0.1) is 0 Å². The van der Waals surface area contributed by atoms with Crippen LogP contribution in [0.2, 0.25) is 0 Å². The lowest BCUT2D eigenvalue weighted by molar-refractivity contribution is 0.403. The van der Waals surface area contributed by atoms with Crippen molar-refractivity contribution >= 4 is 9.84 Å². The molecule has 1 aliphatic carbocycles. The molecule has 1 unspecified atom stereocenters. The number of nitrogens with one attached hydrogen (secondary N) is 1. The maximum Gasteiger partial charge on any atom is 0.150 e. The van der Waals surface area contributed by atoms with Gasteiger partial charge >= 0.3 is 0 Å². The number of sulfone groups is 1. The summed E-state index contributed by atoms with van der Waals surface area (Å²) in [7, 11) is -2.76. The third kappa shape index (κ3) is 2.84. The first-order chi connectivity index (χ1) is 9.03. The molecule has 1 aromatic carbocycles. The Bertz CT molecular complexity index is 566. The molecule has 1 heterocycles. The smallest absolute Gasteiger partial charge is 0.150 e. The first-order valence-electron chi connectivity index (χ1n) is 7.09. The van der Waals surface area contributed by atoms with E-state index in [-0.39, 0.29) is 0 Å². The second-order valence-corrected chi connectivity index (χ2v) is 8.19. The van der Waals surface area contributed by atoms with Gasteiger partial charge in [-0.05, 0) is 43.7 Å². The van der Waals surface area contributed by atoms with E-state index in [0.29, 0.717) is 23.6 Å². The van der Waals surface area contributed by atoms with Crippen LogP contribution in [0.25, 0.3) is 0 Å². The molecule has 1 saturated heterocycles. The molecule has 3 rings (SSSR count). The fourth-order valence-electron chi connectivity index (χ4n) is 3.24. The van der Waals surface area contributed by atoms with Crippen LogP contribution < -0.4 is 5.32 Å². The molecule has 19 heavy (non-hydrogen) atoms. The number of hydrogen-bond donors (Lipinski definition) is 1. The predicted octanol–water partition coefficient (Wildman–Crippen LogP) is 2.15. The fraction of sp³-hybridized carbons (Fsp3) is 0.600. The van der Waals surface area contributed by atoms with Gasteiger partial charge in [-0.25, -0.2) is 8.42 Å². The van der Waals surface area contributed by atoms with Crippen molar-refractivity contribution in [1.82, 2.24) is 5.32 Å². The molecule has 0 bridgehead atoms. The molecule has 0 radical (unpaired) electrons. The Morgan fingerprint density at radius 1 is 1.16 bits per heavy atom. The topological polar surface area (TPSA) is 46.2 Å². The van der Waals surface area contributed by atoms with Crippen molar-refractivity contribution in [3.63, 3.8) is 0 Å². The van der Waals surface area contributed by atoms with E-state index in [9.17, 15) is 8.42 Å². The summed E-state index contributed by atoms with van der Waals surface area (Å²) in [6.45, 7) is 2.13. The average Bonchev–Trinajstić information content (AvgIpc) is 2.75. The van der Waals surface area contributed by atoms with Crippen molar-refractivity contribution in [2.24, 2.45) is 0 Å². The summed E-state index contributed by atoms with van der Waals surface area (Å²) in [6, 6.07) is 7.46. The second-order valence-electron chi connectivity index (χ2n) is 5.89. The van der Waals surface area contributed by atoms with Gasteiger partial charge < -0.3 is 5.32 Å². The van der Waals surface area contributed by atoms with Gasteiger partial charge in [-0.3, -0.25) is 0 Å². The number of rotatable bonds is 2. The highest BCUT2D eigenvalue weighted by atomic mass is 32.2. The van der Waals surface area contributed by atoms with E-state index >= 15 is 0 Å². The molecule has 104 valence electrons. The van der Waals surface area contributed by atoms with Crippen molar-refractivity contribution in [2.45, 2.75) is 44.7 Å². The SMILES string of the molecule is Cc1ccc2c(c1)C(NC1CCS(=O)(=O)CC1)CC2. The van der Waals surface area contributed by atoms with E-state index in [1.807, 2.05) is 0 Å². The molecule has 1 aromatic rings. The van der Waals surface area contributed by atoms with E-state index < -0.39 is 9.84 Å². The Morgan fingerprint density at radius 2 is 1.89 bits per heavy atom. The molecule has 2 aliphatic rings. The lowest BCUT2D eigenvalue weighted by atomic mass is 10.0. The first-order valence-corrected chi connectivity index (χ1v) is 8.91. The van der Waals surface area contributed by atoms with Crippen molar-refractivity contribution < 1.29 is 8.42 Å². The van der Waals surface area contributed by atoms with E-state index in [1.165, 1.54) is 16.7 Å². The molecule has 4 heteroatoms. The lowest BCUT2D eigenvalue weighted by Crippen LogP contribution is -2.39. The first kappa shape index (κ1) is 13.1. The maximum absolute atomic E-state index is 11.4. The zero-order chi connectivity index (χ0) is 13.5. The van der Waals surface area contributed by atoms with Crippen LogP contribution >= 0.6 is 0 Å². The summed E-state index contributed by atoms with van der Waals surface area (Å²) in [5, 5.41) is 3.67. The molecule has 0 aromatic heterocycles. The summed E-state index contributed by atoms with van der Waals surface area (Å²) >= 11 is 0. The number of aryl methyl sites for hydroxylation is 2. The van der Waals surface area contributed by atoms with Crippen LogP contribution in [0.5, 0.6) is 0 Å². The molecule has 0 spiro atoms. The van der Waals surface area contributed by atoms with Crippen LogP contribution in [0.15, 0.2) is 18.2 Å². The van der Waals surface area contributed by atoms with Crippen LogP contribution in [-0.4, -0.2) is 26.0 Å². The highest BCUT2D eigenvalue weighted by Gasteiger charge is 2.28. The van der Waals surface area contributed by atoms with Gasteiger partial charge in [0.2, 0.25) is 0 Å². The summed E-state index contributed by atoms with van der Waals surface area (Å²) in [6.07, 6.45) is 3.81. The third-order valence-corrected chi connectivity index (χ3v) is 6.09. The predicted molar refractivity (Wildman–Crippen MR) is 77.1 cm³/mol. The molecular formula is C15H21NO2S. The van der Waals surface area contributed by atoms with Gasteiger partial charge in [0.1, 0.15) is 9.84 Å². The minimum Gasteiger partial charge on any atom is -0.307 e. The van der Waals surface area contributed by atoms with Crippen LogP contribution in [-0.2, 0) is 16.3 Å². The molecular weight excluding hydrogens is 258 g/mol. The molecule has 0 amide bonds. The van der Waals surface area contributed by atoms with Crippen LogP contribution in [0.1, 0.15) is 42.0 Å². The minimum atomic E-state index is -2.76. The normalized spacial score (nSPS) is 26.3. The van der Waals surface area contributed by atoms with Gasteiger partial charge in [0.05, 0.1) is 11.5 Å². The Morgan fingerprint density at radius 3 is 2.63 bits per heavy atom. The monoisotopic (exact) mass is 279 g/mol. The zero-order valence-electron chi connectivity index (χ0n) is 11.4. The summed E-state index contributed by atoms with van der Waals surface area (Å²) < 4.78 is 22.9. The van der Waals surface area contributed by atoms with Crippen molar-refractivity contribution in [3.05, 3.63) is 34.9 Å². The average molecular weight is 279 g/mol. The quantitative estimate of drug-likeness (QED) is 0.902. The Hall–Kier alpha value is -0.870. The standard InChI is InChI=1S/C15H21NO2S/c1-11-2-3-12-4-5-15(14(12)10-11)16-13-6-8-19(17,18)9-7-13/h2-3,10,13,15-16H,4-9H2,1H3. The Labute approximate surface area is 115 Å². The van der Waals surface area contributed by atoms with Gasteiger partial charge in [-0.2, -0.15) is 0 Å². The molecule has 3 nitrogen and oxygen atoms in total. The van der Waals surface area contributed by atoms with Crippen molar-refractivity contribution in [1.29, 1.82) is 0 Å². The molecule has 0 saturated carbocycles. The van der Waals surface area contributed by atoms with Gasteiger partial charge in [0.25, 0.3) is 0 Å². The van der Waals surface area contributed by atoms with Crippen LogP contribution in [0, 0.1) is 6.92 Å². The number of hydrogen-bond acceptors (Lipinski definition) is 3. The largest absolute Gasteiger partial charge is 0.307 e. The van der Waals surface area contributed by atoms with Gasteiger partial charge in [-0.1, -0.05) is 23.8 Å². The number of fused-ring (bicyclic) bond motifs is 1. The highest BCUT2D eigenvalue weighted by Crippen LogP contribution is 2.32. The molecule has 1 N–H and O–H groups in total. The van der Waals surface area contributed by atoms with E-state index in [1.54, 1.807) is 0 Å².